The standard InChI is InChI=1S/C27H25ClN2O5/c1-33-25-15-18(8-11-24(25)34-14-12-17-5-4-13-29-17)30-26(31)20-10-9-19(16-21(20)27(30)32)35-23-7-3-2-6-22(23)28/h2-3,6-11,15-17,29H,4-5,12-14H2,1H3. The molecule has 180 valence electrons. The first-order chi connectivity index (χ1) is 17.0. The van der Waals surface area contributed by atoms with E-state index in [4.69, 9.17) is 25.8 Å². The average molecular weight is 493 g/mol. The molecule has 35 heavy (non-hydrogen) atoms. The molecule has 2 amide bonds. The minimum atomic E-state index is -0.433. The quantitative estimate of drug-likeness (QED) is 0.421. The van der Waals surface area contributed by atoms with Crippen LogP contribution in [-0.4, -0.2) is 38.1 Å². The van der Waals surface area contributed by atoms with Crippen molar-refractivity contribution in [1.82, 2.24) is 5.32 Å². The van der Waals surface area contributed by atoms with Gasteiger partial charge in [0.25, 0.3) is 11.8 Å². The molecule has 2 heterocycles. The average Bonchev–Trinajstić information content (AvgIpc) is 3.47. The van der Waals surface area contributed by atoms with Crippen molar-refractivity contribution in [2.75, 3.05) is 25.2 Å². The number of benzene rings is 3. The van der Waals surface area contributed by atoms with Crippen LogP contribution in [0.4, 0.5) is 5.69 Å². The number of halogens is 1. The second-order valence-electron chi connectivity index (χ2n) is 8.45. The van der Waals surface area contributed by atoms with E-state index in [-0.39, 0.29) is 5.56 Å². The van der Waals surface area contributed by atoms with Crippen LogP contribution in [0.2, 0.25) is 5.02 Å². The molecule has 2 aliphatic heterocycles. The molecule has 0 radical (unpaired) electrons. The molecule has 1 fully saturated rings. The maximum Gasteiger partial charge on any atom is 0.266 e. The third-order valence-electron chi connectivity index (χ3n) is 6.21. The summed E-state index contributed by atoms with van der Waals surface area (Å²) < 4.78 is 17.2. The molecule has 0 bridgehead atoms. The Morgan fingerprint density at radius 2 is 1.80 bits per heavy atom. The number of carbonyl (C=O) groups excluding carboxylic acids is 2. The van der Waals surface area contributed by atoms with Crippen molar-refractivity contribution in [2.24, 2.45) is 0 Å². The van der Waals surface area contributed by atoms with E-state index in [1.165, 1.54) is 13.5 Å². The second kappa shape index (κ2) is 9.98. The Labute approximate surface area is 208 Å². The molecule has 0 aromatic heterocycles. The molecular weight excluding hydrogens is 468 g/mol. The predicted octanol–water partition coefficient (Wildman–Crippen LogP) is 5.46. The zero-order valence-corrected chi connectivity index (χ0v) is 20.0. The molecule has 5 rings (SSSR count). The molecule has 7 nitrogen and oxygen atoms in total. The predicted molar refractivity (Wildman–Crippen MR) is 133 cm³/mol. The fraction of sp³-hybridized carbons (Fsp3) is 0.259. The Bertz CT molecular complexity index is 1270. The molecule has 0 aliphatic carbocycles. The van der Waals surface area contributed by atoms with Gasteiger partial charge in [0.1, 0.15) is 11.5 Å². The number of amides is 2. The van der Waals surface area contributed by atoms with Gasteiger partial charge in [-0.2, -0.15) is 0 Å². The number of anilines is 1. The van der Waals surface area contributed by atoms with Gasteiger partial charge >= 0.3 is 0 Å². The van der Waals surface area contributed by atoms with Gasteiger partial charge < -0.3 is 19.5 Å². The largest absolute Gasteiger partial charge is 0.493 e. The number of methoxy groups -OCH3 is 1. The highest BCUT2D eigenvalue weighted by Gasteiger charge is 2.37. The van der Waals surface area contributed by atoms with Crippen LogP contribution in [0.15, 0.2) is 60.7 Å². The van der Waals surface area contributed by atoms with Crippen LogP contribution >= 0.6 is 11.6 Å². The zero-order valence-electron chi connectivity index (χ0n) is 19.3. The van der Waals surface area contributed by atoms with E-state index in [0.717, 1.165) is 24.3 Å². The van der Waals surface area contributed by atoms with Crippen LogP contribution in [0.5, 0.6) is 23.0 Å². The number of carbonyl (C=O) groups is 2. The van der Waals surface area contributed by atoms with Crippen LogP contribution in [0.1, 0.15) is 40.0 Å². The van der Waals surface area contributed by atoms with Gasteiger partial charge in [-0.25, -0.2) is 4.90 Å². The smallest absolute Gasteiger partial charge is 0.266 e. The zero-order chi connectivity index (χ0) is 24.4. The first kappa shape index (κ1) is 23.2. The normalized spacial score (nSPS) is 17.0. The minimum absolute atomic E-state index is 0.267. The van der Waals surface area contributed by atoms with Crippen molar-refractivity contribution in [3.8, 4) is 23.0 Å². The summed E-state index contributed by atoms with van der Waals surface area (Å²) in [6.07, 6.45) is 3.25. The van der Waals surface area contributed by atoms with Crippen molar-refractivity contribution < 1.29 is 23.8 Å². The lowest BCUT2D eigenvalue weighted by Crippen LogP contribution is -2.29. The third kappa shape index (κ3) is 4.70. The third-order valence-corrected chi connectivity index (χ3v) is 6.53. The summed E-state index contributed by atoms with van der Waals surface area (Å²) in [6, 6.07) is 17.4. The summed E-state index contributed by atoms with van der Waals surface area (Å²) in [5, 5.41) is 3.90. The van der Waals surface area contributed by atoms with Gasteiger partial charge in [-0.05, 0) is 68.3 Å². The Morgan fingerprint density at radius 1 is 0.971 bits per heavy atom. The first-order valence-corrected chi connectivity index (χ1v) is 11.9. The van der Waals surface area contributed by atoms with E-state index >= 15 is 0 Å². The number of rotatable bonds is 8. The molecule has 1 N–H and O–H groups in total. The first-order valence-electron chi connectivity index (χ1n) is 11.5. The lowest BCUT2D eigenvalue weighted by Gasteiger charge is -2.18. The maximum atomic E-state index is 13.2. The van der Waals surface area contributed by atoms with Crippen molar-refractivity contribution in [1.29, 1.82) is 0 Å². The van der Waals surface area contributed by atoms with Gasteiger partial charge in [-0.3, -0.25) is 9.59 Å². The van der Waals surface area contributed by atoms with Gasteiger partial charge in [0.05, 0.1) is 35.6 Å². The minimum Gasteiger partial charge on any atom is -0.493 e. The van der Waals surface area contributed by atoms with Crippen molar-refractivity contribution in [3.05, 3.63) is 76.8 Å². The van der Waals surface area contributed by atoms with E-state index in [0.29, 0.717) is 51.9 Å². The highest BCUT2D eigenvalue weighted by molar-refractivity contribution is 6.34. The molecule has 3 aromatic carbocycles. The summed E-state index contributed by atoms with van der Waals surface area (Å²) in [4.78, 5) is 27.5. The molecule has 0 spiro atoms. The van der Waals surface area contributed by atoms with Gasteiger partial charge in [-0.15, -0.1) is 0 Å². The van der Waals surface area contributed by atoms with E-state index in [9.17, 15) is 9.59 Å². The highest BCUT2D eigenvalue weighted by Crippen LogP contribution is 2.37. The summed E-state index contributed by atoms with van der Waals surface area (Å²) in [5.74, 6) is 1.07. The molecule has 3 aromatic rings. The van der Waals surface area contributed by atoms with E-state index < -0.39 is 11.8 Å². The Balaban J connectivity index is 1.34. The van der Waals surface area contributed by atoms with E-state index in [1.54, 1.807) is 60.7 Å². The van der Waals surface area contributed by atoms with Crippen molar-refractivity contribution in [2.45, 2.75) is 25.3 Å². The number of fused-ring (bicyclic) bond motifs is 1. The van der Waals surface area contributed by atoms with Gasteiger partial charge in [0.15, 0.2) is 11.5 Å². The van der Waals surface area contributed by atoms with Gasteiger partial charge in [0, 0.05) is 12.1 Å². The van der Waals surface area contributed by atoms with Crippen LogP contribution < -0.4 is 24.4 Å². The fourth-order valence-corrected chi connectivity index (χ4v) is 4.58. The highest BCUT2D eigenvalue weighted by atomic mass is 35.5. The van der Waals surface area contributed by atoms with E-state index in [2.05, 4.69) is 5.32 Å². The molecule has 8 heteroatoms. The van der Waals surface area contributed by atoms with Crippen LogP contribution in [0, 0.1) is 0 Å². The Morgan fingerprint density at radius 3 is 2.57 bits per heavy atom. The number of imide groups is 1. The van der Waals surface area contributed by atoms with Gasteiger partial charge in [0.2, 0.25) is 0 Å². The number of para-hydroxylation sites is 1. The molecular formula is C27H25ClN2O5. The summed E-state index contributed by atoms with van der Waals surface area (Å²) >= 11 is 6.17. The second-order valence-corrected chi connectivity index (χ2v) is 8.86. The Hall–Kier alpha value is -3.55. The molecule has 2 aliphatic rings. The van der Waals surface area contributed by atoms with Crippen LogP contribution in [0.3, 0.4) is 0 Å². The fourth-order valence-electron chi connectivity index (χ4n) is 4.40. The van der Waals surface area contributed by atoms with Crippen LogP contribution in [-0.2, 0) is 0 Å². The SMILES string of the molecule is COc1cc(N2C(=O)c3ccc(Oc4ccccc4Cl)cc3C2=O)ccc1OCCC1CCCN1. The topological polar surface area (TPSA) is 77.1 Å². The number of hydrogen-bond acceptors (Lipinski definition) is 6. The summed E-state index contributed by atoms with van der Waals surface area (Å²) in [5.41, 5.74) is 0.985. The number of ether oxygens (including phenoxy) is 3. The summed E-state index contributed by atoms with van der Waals surface area (Å²) in [7, 11) is 1.53. The van der Waals surface area contributed by atoms with Gasteiger partial charge in [-0.1, -0.05) is 23.7 Å². The lowest BCUT2D eigenvalue weighted by atomic mass is 10.1. The molecule has 1 saturated heterocycles. The van der Waals surface area contributed by atoms with E-state index in [1.807, 2.05) is 0 Å². The number of nitrogens with one attached hydrogen (secondary N) is 1. The molecule has 0 saturated carbocycles. The van der Waals surface area contributed by atoms with Crippen molar-refractivity contribution in [3.63, 3.8) is 0 Å². The Kier molecular flexibility index (Phi) is 6.61. The number of hydrogen-bond donors (Lipinski definition) is 1. The van der Waals surface area contributed by atoms with Crippen molar-refractivity contribution >= 4 is 29.1 Å². The maximum absolute atomic E-state index is 13.2. The number of nitrogens with zero attached hydrogens (tertiary/aromatic N) is 1. The molecule has 1 unspecified atom stereocenters. The lowest BCUT2D eigenvalue weighted by molar-refractivity contribution is 0.0926. The van der Waals surface area contributed by atoms with Crippen LogP contribution in [0.25, 0.3) is 0 Å². The molecule has 1 atom stereocenters. The monoisotopic (exact) mass is 492 g/mol. The summed E-state index contributed by atoms with van der Waals surface area (Å²) in [6.45, 7) is 1.60.